The maximum atomic E-state index is 12.4. The predicted molar refractivity (Wildman–Crippen MR) is 94.5 cm³/mol. The van der Waals surface area contributed by atoms with E-state index < -0.39 is 21.1 Å². The highest BCUT2D eigenvalue weighted by Gasteiger charge is 2.17. The lowest BCUT2D eigenvalue weighted by molar-refractivity contribution is -0.384. The number of non-ortho nitro benzene ring substituents is 1. The molecule has 2 N–H and O–H groups in total. The van der Waals surface area contributed by atoms with Gasteiger partial charge < -0.3 is 10.1 Å². The molecule has 138 valence electrons. The molecule has 0 aliphatic heterocycles. The van der Waals surface area contributed by atoms with Crippen LogP contribution < -0.4 is 14.8 Å². The van der Waals surface area contributed by atoms with Gasteiger partial charge in [-0.1, -0.05) is 6.07 Å². The first kappa shape index (κ1) is 19.2. The molecule has 0 heterocycles. The minimum atomic E-state index is -3.93. The molecule has 0 bridgehead atoms. The first-order valence-corrected chi connectivity index (χ1v) is 8.97. The number of hydrogen-bond donors (Lipinski definition) is 2. The number of nitro benzene ring substituents is 1. The van der Waals surface area contributed by atoms with Crippen LogP contribution in [0.15, 0.2) is 53.4 Å². The van der Waals surface area contributed by atoms with E-state index >= 15 is 0 Å². The number of anilines is 1. The van der Waals surface area contributed by atoms with E-state index in [9.17, 15) is 23.3 Å². The lowest BCUT2D eigenvalue weighted by atomic mass is 10.3. The fourth-order valence-electron chi connectivity index (χ4n) is 2.06. The van der Waals surface area contributed by atoms with Gasteiger partial charge in [-0.3, -0.25) is 19.6 Å². The topological polar surface area (TPSA) is 128 Å². The Hall–Kier alpha value is -3.14. The summed E-state index contributed by atoms with van der Waals surface area (Å²) >= 11 is 0. The maximum Gasteiger partial charge on any atom is 0.271 e. The third-order valence-electron chi connectivity index (χ3n) is 3.37. The molecule has 0 fully saturated rings. The summed E-state index contributed by atoms with van der Waals surface area (Å²) in [5, 5.41) is 13.2. The Labute approximate surface area is 150 Å². The van der Waals surface area contributed by atoms with Crippen molar-refractivity contribution >= 4 is 27.3 Å². The van der Waals surface area contributed by atoms with Gasteiger partial charge in [-0.15, -0.1) is 0 Å². The molecule has 2 aromatic carbocycles. The van der Waals surface area contributed by atoms with Gasteiger partial charge >= 0.3 is 0 Å². The van der Waals surface area contributed by atoms with Gasteiger partial charge in [0.2, 0.25) is 0 Å². The first-order valence-electron chi connectivity index (χ1n) is 7.48. The van der Waals surface area contributed by atoms with Gasteiger partial charge in [-0.2, -0.15) is 0 Å². The van der Waals surface area contributed by atoms with Gasteiger partial charge in [-0.05, 0) is 37.3 Å². The number of carbonyl (C=O) groups excluding carboxylic acids is 1. The summed E-state index contributed by atoms with van der Waals surface area (Å²) in [6, 6.07) is 10.6. The molecule has 2 rings (SSSR count). The molecule has 26 heavy (non-hydrogen) atoms. The Morgan fingerprint density at radius 2 is 1.85 bits per heavy atom. The van der Waals surface area contributed by atoms with Crippen LogP contribution >= 0.6 is 0 Å². The monoisotopic (exact) mass is 379 g/mol. The summed E-state index contributed by atoms with van der Waals surface area (Å²) in [5.41, 5.74) is -0.148. The number of hydrogen-bond acceptors (Lipinski definition) is 6. The van der Waals surface area contributed by atoms with Crippen LogP contribution in [0.3, 0.4) is 0 Å². The van der Waals surface area contributed by atoms with Gasteiger partial charge in [0.25, 0.3) is 21.6 Å². The highest BCUT2D eigenvalue weighted by Crippen LogP contribution is 2.22. The van der Waals surface area contributed by atoms with E-state index in [4.69, 9.17) is 4.74 Å². The largest absolute Gasteiger partial charge is 0.481 e. The fraction of sp³-hybridized carbons (Fsp3) is 0.188. The van der Waals surface area contributed by atoms with Crippen molar-refractivity contribution in [3.8, 4) is 5.75 Å². The summed E-state index contributed by atoms with van der Waals surface area (Å²) in [6.07, 6.45) is -0.731. The molecule has 0 radical (unpaired) electrons. The highest BCUT2D eigenvalue weighted by molar-refractivity contribution is 7.92. The van der Waals surface area contributed by atoms with Crippen molar-refractivity contribution < 1.29 is 22.9 Å². The smallest absolute Gasteiger partial charge is 0.271 e. The van der Waals surface area contributed by atoms with Gasteiger partial charge in [-0.25, -0.2) is 8.42 Å². The Balaban J connectivity index is 2.15. The van der Waals surface area contributed by atoms with Crippen molar-refractivity contribution in [2.24, 2.45) is 0 Å². The van der Waals surface area contributed by atoms with Gasteiger partial charge in [0, 0.05) is 19.2 Å². The lowest BCUT2D eigenvalue weighted by Gasteiger charge is -2.13. The van der Waals surface area contributed by atoms with E-state index in [1.54, 1.807) is 6.92 Å². The van der Waals surface area contributed by atoms with Crippen LogP contribution in [0.1, 0.15) is 6.92 Å². The van der Waals surface area contributed by atoms with E-state index in [1.165, 1.54) is 49.5 Å². The molecule has 9 nitrogen and oxygen atoms in total. The summed E-state index contributed by atoms with van der Waals surface area (Å²) < 4.78 is 32.4. The molecule has 2 aromatic rings. The van der Waals surface area contributed by atoms with Crippen LogP contribution in [0.4, 0.5) is 11.4 Å². The van der Waals surface area contributed by atoms with E-state index in [2.05, 4.69) is 10.0 Å². The molecule has 1 atom stereocenters. The zero-order chi connectivity index (χ0) is 19.3. The third-order valence-corrected chi connectivity index (χ3v) is 4.77. The number of nitro groups is 1. The maximum absolute atomic E-state index is 12.4. The van der Waals surface area contributed by atoms with Crippen LogP contribution in [-0.4, -0.2) is 32.4 Å². The van der Waals surface area contributed by atoms with Gasteiger partial charge in [0.1, 0.15) is 5.75 Å². The number of amides is 1. The van der Waals surface area contributed by atoms with Crippen molar-refractivity contribution in [2.45, 2.75) is 17.9 Å². The standard InChI is InChI=1S/C16H17N3O6S/c1-11(16(20)17-2)25-14-6-8-15(9-7-14)26(23,24)18-12-4-3-5-13(10-12)19(21)22/h3-11,18H,1-2H3,(H,17,20)/t11-/m0/s1. The number of rotatable bonds is 7. The Morgan fingerprint density at radius 1 is 1.19 bits per heavy atom. The van der Waals surface area contributed by atoms with Gasteiger partial charge in [0.05, 0.1) is 15.5 Å². The predicted octanol–water partition coefficient (Wildman–Crippen LogP) is 1.91. The number of nitrogens with zero attached hydrogens (tertiary/aromatic N) is 1. The first-order chi connectivity index (χ1) is 12.2. The molecule has 0 saturated heterocycles. The van der Waals surface area contributed by atoms with Crippen LogP contribution in [0.2, 0.25) is 0 Å². The number of ether oxygens (including phenoxy) is 1. The SMILES string of the molecule is CNC(=O)[C@H](C)Oc1ccc(S(=O)(=O)Nc2cccc([N+](=O)[O-])c2)cc1. The van der Waals surface area contributed by atoms with Crippen molar-refractivity contribution in [3.05, 3.63) is 58.6 Å². The van der Waals surface area contributed by atoms with Crippen LogP contribution in [0.25, 0.3) is 0 Å². The second kappa shape index (κ2) is 7.83. The van der Waals surface area contributed by atoms with E-state index in [0.717, 1.165) is 6.07 Å². The van der Waals surface area contributed by atoms with E-state index in [-0.39, 0.29) is 22.2 Å². The molecule has 10 heteroatoms. The van der Waals surface area contributed by atoms with Crippen molar-refractivity contribution in [1.29, 1.82) is 0 Å². The van der Waals surface area contributed by atoms with Crippen molar-refractivity contribution in [1.82, 2.24) is 5.32 Å². The molecule has 0 spiro atoms. The average molecular weight is 379 g/mol. The molecular weight excluding hydrogens is 362 g/mol. The summed E-state index contributed by atoms with van der Waals surface area (Å²) in [6.45, 7) is 1.56. The molecule has 0 saturated carbocycles. The van der Waals surface area contributed by atoms with Gasteiger partial charge in [0.15, 0.2) is 6.10 Å². The molecular formula is C16H17N3O6S. The number of benzene rings is 2. The Morgan fingerprint density at radius 3 is 2.42 bits per heavy atom. The summed E-state index contributed by atoms with van der Waals surface area (Å²) in [7, 11) is -2.45. The minimum absolute atomic E-state index is 0.0519. The van der Waals surface area contributed by atoms with Crippen LogP contribution in [0.5, 0.6) is 5.75 Å². The molecule has 0 unspecified atom stereocenters. The number of likely N-dealkylation sites (N-methyl/N-ethyl adjacent to an activating group) is 1. The summed E-state index contributed by atoms with van der Waals surface area (Å²) in [4.78, 5) is 21.5. The number of carbonyl (C=O) groups is 1. The number of nitrogens with one attached hydrogen (secondary N) is 2. The van der Waals surface area contributed by atoms with Crippen molar-refractivity contribution in [3.63, 3.8) is 0 Å². The molecule has 1 amide bonds. The highest BCUT2D eigenvalue weighted by atomic mass is 32.2. The molecule has 0 aromatic heterocycles. The third kappa shape index (κ3) is 4.70. The second-order valence-electron chi connectivity index (χ2n) is 5.26. The van der Waals surface area contributed by atoms with E-state index in [1.807, 2.05) is 0 Å². The van der Waals surface area contributed by atoms with Crippen LogP contribution in [0, 0.1) is 10.1 Å². The van der Waals surface area contributed by atoms with Crippen LogP contribution in [-0.2, 0) is 14.8 Å². The Kier molecular flexibility index (Phi) is 5.78. The zero-order valence-corrected chi connectivity index (χ0v) is 14.8. The summed E-state index contributed by atoms with van der Waals surface area (Å²) in [5.74, 6) is 0.0180. The minimum Gasteiger partial charge on any atom is -0.481 e. The van der Waals surface area contributed by atoms with E-state index in [0.29, 0.717) is 5.75 Å². The second-order valence-corrected chi connectivity index (χ2v) is 6.94. The normalized spacial score (nSPS) is 12.1. The number of sulfonamides is 1. The fourth-order valence-corrected chi connectivity index (χ4v) is 3.10. The molecule has 0 aliphatic carbocycles. The Bertz CT molecular complexity index is 912. The average Bonchev–Trinajstić information content (AvgIpc) is 2.61. The quantitative estimate of drug-likeness (QED) is 0.559. The van der Waals surface area contributed by atoms with Crippen molar-refractivity contribution in [2.75, 3.05) is 11.8 Å². The zero-order valence-electron chi connectivity index (χ0n) is 14.0. The lowest BCUT2D eigenvalue weighted by Crippen LogP contribution is -2.33. The molecule has 0 aliphatic rings.